The van der Waals surface area contributed by atoms with Crippen molar-refractivity contribution < 1.29 is 43.2 Å². The van der Waals surface area contributed by atoms with Gasteiger partial charge in [-0.3, -0.25) is 4.79 Å². The molecular weight excluding hydrogens is 686 g/mol. The predicted molar refractivity (Wildman–Crippen MR) is 212 cm³/mol. The lowest BCUT2D eigenvalue weighted by atomic mass is 9.79. The minimum absolute atomic E-state index is 0.0262. The molecule has 1 aromatic rings. The maximum absolute atomic E-state index is 14.2. The second kappa shape index (κ2) is 24.2. The van der Waals surface area contributed by atoms with Crippen LogP contribution in [0.5, 0.6) is 5.75 Å². The highest BCUT2D eigenvalue weighted by Crippen LogP contribution is 2.33. The van der Waals surface area contributed by atoms with E-state index in [4.69, 9.17) is 23.7 Å². The third-order valence-corrected chi connectivity index (χ3v) is 9.40. The number of aliphatic hydroxyl groups is 1. The first-order chi connectivity index (χ1) is 25.7. The number of ether oxygens (including phenoxy) is 5. The number of unbranched alkanes of at least 4 members (excludes halogenated alkanes) is 8. The molecule has 10 nitrogen and oxygen atoms in total. The van der Waals surface area contributed by atoms with Crippen molar-refractivity contribution in [1.29, 1.82) is 0 Å². The Morgan fingerprint density at radius 3 is 2.13 bits per heavy atom. The van der Waals surface area contributed by atoms with Crippen LogP contribution < -0.4 is 10.1 Å². The van der Waals surface area contributed by atoms with Crippen LogP contribution in [-0.4, -0.2) is 72.9 Å². The van der Waals surface area contributed by atoms with E-state index >= 15 is 0 Å². The largest absolute Gasteiger partial charge is 0.481 e. The fraction of sp³-hybridized carbons (Fsp3) is 0.705. The van der Waals surface area contributed by atoms with Gasteiger partial charge < -0.3 is 34.1 Å². The van der Waals surface area contributed by atoms with Crippen LogP contribution in [-0.2, 0) is 39.8 Å². The fourth-order valence-corrected chi connectivity index (χ4v) is 6.69. The molecule has 2 N–H and O–H groups in total. The number of nitrogens with one attached hydrogen (secondary N) is 1. The third-order valence-electron chi connectivity index (χ3n) is 9.40. The van der Waals surface area contributed by atoms with Gasteiger partial charge in [-0.1, -0.05) is 89.5 Å². The van der Waals surface area contributed by atoms with Gasteiger partial charge in [0.15, 0.2) is 11.4 Å². The molecule has 0 aromatic heterocycles. The number of rotatable bonds is 25. The van der Waals surface area contributed by atoms with Crippen molar-refractivity contribution in [1.82, 2.24) is 5.32 Å². The van der Waals surface area contributed by atoms with Crippen molar-refractivity contribution >= 4 is 17.8 Å². The maximum atomic E-state index is 14.2. The zero-order chi connectivity index (χ0) is 40.0. The zero-order valence-corrected chi connectivity index (χ0v) is 34.4. The molecule has 0 unspecified atom stereocenters. The summed E-state index contributed by atoms with van der Waals surface area (Å²) in [6, 6.07) is 6.05. The molecular formula is C44H69NO9. The molecule has 10 heteroatoms. The number of esters is 2. The monoisotopic (exact) mass is 755 g/mol. The van der Waals surface area contributed by atoms with E-state index in [0.29, 0.717) is 25.4 Å². The number of carbonyl (C=O) groups excluding carboxylic acids is 3. The molecule has 0 aliphatic carbocycles. The molecule has 2 rings (SSSR count). The lowest BCUT2D eigenvalue weighted by molar-refractivity contribution is -0.185. The first-order valence-corrected chi connectivity index (χ1v) is 20.1. The standard InChI is InChI=1S/C44H69NO9/c1-9-11-13-17-20-27-43(52-30-31-53-43)28-21-18-15-14-16-19-22-37(44(49,33-34(3)4)41(48)54-42(5,6)7)39(46)45-38(40(47)50-8)32-35-23-25-36(26-24-35)51-29-12-10-2/h19,22-26,34,37-38,49H,9,11,13-18,20-21,27-33H2,1-8H3,(H,45,46)/b22-19+/t37-,38+,44+/m1/s1. The van der Waals surface area contributed by atoms with Crippen molar-refractivity contribution in [3.63, 3.8) is 0 Å². The normalized spacial score (nSPS) is 16.3. The number of amides is 1. The molecule has 0 spiro atoms. The number of carbonyl (C=O) groups is 3. The lowest BCUT2D eigenvalue weighted by Gasteiger charge is -2.36. The summed E-state index contributed by atoms with van der Waals surface area (Å²) in [6.07, 6.45) is 15.9. The molecule has 0 bridgehead atoms. The van der Waals surface area contributed by atoms with Gasteiger partial charge in [-0.05, 0) is 83.4 Å². The van der Waals surface area contributed by atoms with Crippen LogP contribution in [0.2, 0.25) is 0 Å². The third kappa shape index (κ3) is 17.0. The Kier molecular flexibility index (Phi) is 21.0. The number of hydrogen-bond donors (Lipinski definition) is 2. The molecule has 1 aliphatic heterocycles. The van der Waals surface area contributed by atoms with Crippen LogP contribution in [0, 0.1) is 23.7 Å². The van der Waals surface area contributed by atoms with E-state index < -0.39 is 46.8 Å². The Hall–Kier alpha value is -3.39. The Bertz CT molecular complexity index is 1350. The van der Waals surface area contributed by atoms with Crippen LogP contribution >= 0.6 is 0 Å². The van der Waals surface area contributed by atoms with Crippen molar-refractivity contribution in [3.8, 4) is 17.6 Å². The van der Waals surface area contributed by atoms with Crippen molar-refractivity contribution in [2.75, 3.05) is 26.9 Å². The smallest absolute Gasteiger partial charge is 0.339 e. The van der Waals surface area contributed by atoms with Crippen LogP contribution in [0.3, 0.4) is 0 Å². The van der Waals surface area contributed by atoms with Crippen molar-refractivity contribution in [3.05, 3.63) is 42.0 Å². The minimum atomic E-state index is -2.19. The molecule has 1 heterocycles. The summed E-state index contributed by atoms with van der Waals surface area (Å²) >= 11 is 0. The van der Waals surface area contributed by atoms with Gasteiger partial charge in [-0.2, -0.15) is 0 Å². The summed E-state index contributed by atoms with van der Waals surface area (Å²) < 4.78 is 28.5. The molecule has 3 atom stereocenters. The topological polar surface area (TPSA) is 130 Å². The van der Waals surface area contributed by atoms with Crippen LogP contribution in [0.25, 0.3) is 0 Å². The number of methoxy groups -OCH3 is 1. The summed E-state index contributed by atoms with van der Waals surface area (Å²) in [4.78, 5) is 40.8. The molecule has 0 saturated carbocycles. The quantitative estimate of drug-likeness (QED) is 0.0441. The second-order valence-corrected chi connectivity index (χ2v) is 15.8. The first-order valence-electron chi connectivity index (χ1n) is 20.1. The average molecular weight is 756 g/mol. The van der Waals surface area contributed by atoms with Gasteiger partial charge in [0.05, 0.1) is 26.2 Å². The molecule has 1 aromatic carbocycles. The second-order valence-electron chi connectivity index (χ2n) is 15.8. The van der Waals surface area contributed by atoms with Crippen molar-refractivity contribution in [2.24, 2.45) is 11.8 Å². The first kappa shape index (κ1) is 46.8. The average Bonchev–Trinajstić information content (AvgIpc) is 3.58. The van der Waals surface area contributed by atoms with E-state index in [1.54, 1.807) is 58.0 Å². The molecule has 1 amide bonds. The molecule has 0 radical (unpaired) electrons. The number of hydrogen-bond acceptors (Lipinski definition) is 9. The van der Waals surface area contributed by atoms with Crippen LogP contribution in [0.1, 0.15) is 138 Å². The van der Waals surface area contributed by atoms with Crippen molar-refractivity contribution in [2.45, 2.75) is 161 Å². The number of benzene rings is 1. The van der Waals surface area contributed by atoms with Gasteiger partial charge in [0.1, 0.15) is 24.0 Å². The summed E-state index contributed by atoms with van der Waals surface area (Å²) in [5.41, 5.74) is -2.34. The molecule has 1 aliphatic rings. The Morgan fingerprint density at radius 2 is 1.57 bits per heavy atom. The number of allylic oxidation sites excluding steroid dienone is 1. The molecule has 304 valence electrons. The SMILES string of the molecule is CC#CCOc1ccc(C[C@H](NC(=O)[C@@H](/C=C/CCCCCCC2(CCCCCCC)OCCO2)[C@@](O)(CC(C)C)C(=O)OC(C)(C)C)C(=O)OC)cc1. The Morgan fingerprint density at radius 1 is 0.963 bits per heavy atom. The summed E-state index contributed by atoms with van der Waals surface area (Å²) in [6.45, 7) is 14.4. The lowest BCUT2D eigenvalue weighted by Crippen LogP contribution is -2.56. The van der Waals surface area contributed by atoms with Crippen LogP contribution in [0.15, 0.2) is 36.4 Å². The van der Waals surface area contributed by atoms with E-state index in [1.807, 2.05) is 19.9 Å². The molecule has 54 heavy (non-hydrogen) atoms. The minimum Gasteiger partial charge on any atom is -0.481 e. The van der Waals surface area contributed by atoms with E-state index in [9.17, 15) is 19.5 Å². The molecule has 1 saturated heterocycles. The highest BCUT2D eigenvalue weighted by molar-refractivity contribution is 5.93. The van der Waals surface area contributed by atoms with E-state index in [-0.39, 0.29) is 25.4 Å². The van der Waals surface area contributed by atoms with Gasteiger partial charge in [-0.25, -0.2) is 9.59 Å². The van der Waals surface area contributed by atoms with E-state index in [2.05, 4.69) is 24.1 Å². The summed E-state index contributed by atoms with van der Waals surface area (Å²) in [7, 11) is 1.25. The van der Waals surface area contributed by atoms with Gasteiger partial charge in [0, 0.05) is 19.3 Å². The highest BCUT2D eigenvalue weighted by atomic mass is 16.7. The zero-order valence-electron chi connectivity index (χ0n) is 34.4. The Labute approximate surface area is 325 Å². The Balaban J connectivity index is 2.17. The summed E-state index contributed by atoms with van der Waals surface area (Å²) in [5, 5.41) is 14.9. The van der Waals surface area contributed by atoms with Gasteiger partial charge >= 0.3 is 11.9 Å². The molecule has 1 fully saturated rings. The van der Waals surface area contributed by atoms with Gasteiger partial charge in [0.25, 0.3) is 0 Å². The maximum Gasteiger partial charge on any atom is 0.339 e. The van der Waals surface area contributed by atoms with E-state index in [0.717, 1.165) is 50.5 Å². The fourth-order valence-electron chi connectivity index (χ4n) is 6.69. The van der Waals surface area contributed by atoms with Crippen LogP contribution in [0.4, 0.5) is 0 Å². The van der Waals surface area contributed by atoms with Gasteiger partial charge in [0.2, 0.25) is 5.91 Å². The summed E-state index contributed by atoms with van der Waals surface area (Å²) in [5.74, 6) is 2.10. The van der Waals surface area contributed by atoms with Gasteiger partial charge in [-0.15, -0.1) is 5.92 Å². The highest BCUT2D eigenvalue weighted by Gasteiger charge is 2.50. The predicted octanol–water partition coefficient (Wildman–Crippen LogP) is 8.02. The van der Waals surface area contributed by atoms with E-state index in [1.165, 1.54) is 32.8 Å².